The zero-order chi connectivity index (χ0) is 17.9. The molecule has 1 aromatic carbocycles. The molecule has 0 fully saturated rings. The molecule has 6 nitrogen and oxygen atoms in total. The Labute approximate surface area is 143 Å². The lowest BCUT2D eigenvalue weighted by Crippen LogP contribution is -2.37. The summed E-state index contributed by atoms with van der Waals surface area (Å²) in [6.45, 7) is 6.34. The van der Waals surface area contributed by atoms with E-state index in [1.54, 1.807) is 36.1 Å². The third-order valence-corrected chi connectivity index (χ3v) is 3.49. The summed E-state index contributed by atoms with van der Waals surface area (Å²) in [6, 6.07) is 6.66. The summed E-state index contributed by atoms with van der Waals surface area (Å²) in [7, 11) is 0. The number of anilines is 1. The predicted molar refractivity (Wildman–Crippen MR) is 93.0 cm³/mol. The van der Waals surface area contributed by atoms with Crippen LogP contribution in [0, 0.1) is 0 Å². The number of unbranched alkanes of at least 4 members (excludes halogenated alkanes) is 1. The van der Waals surface area contributed by atoms with E-state index in [1.165, 1.54) is 6.92 Å². The Morgan fingerprint density at radius 2 is 1.79 bits per heavy atom. The SMILES string of the molecule is CCCCC(=O)NCCN(C(C)=O)c1ccc(C(=O)OCC)cc1. The number of nitrogens with one attached hydrogen (secondary N) is 1. The molecule has 1 N–H and O–H groups in total. The maximum Gasteiger partial charge on any atom is 0.338 e. The molecule has 1 rings (SSSR count). The molecule has 0 aliphatic rings. The molecule has 0 aromatic heterocycles. The third kappa shape index (κ3) is 6.40. The molecule has 6 heteroatoms. The van der Waals surface area contributed by atoms with Crippen molar-refractivity contribution in [2.24, 2.45) is 0 Å². The van der Waals surface area contributed by atoms with Gasteiger partial charge in [-0.25, -0.2) is 4.79 Å². The highest BCUT2D eigenvalue weighted by atomic mass is 16.5. The van der Waals surface area contributed by atoms with Gasteiger partial charge in [-0.1, -0.05) is 13.3 Å². The zero-order valence-corrected chi connectivity index (χ0v) is 14.6. The number of hydrogen-bond acceptors (Lipinski definition) is 4. The Hall–Kier alpha value is -2.37. The fourth-order valence-electron chi connectivity index (χ4n) is 2.19. The Balaban J connectivity index is 2.63. The standard InChI is InChI=1S/C18H26N2O4/c1-4-6-7-17(22)19-12-13-20(14(3)21)16-10-8-15(9-11-16)18(23)24-5-2/h8-11H,4-7,12-13H2,1-3H3,(H,19,22). The normalized spacial score (nSPS) is 10.1. The van der Waals surface area contributed by atoms with Crippen molar-refractivity contribution in [2.75, 3.05) is 24.6 Å². The second-order valence-corrected chi connectivity index (χ2v) is 5.39. The molecule has 0 radical (unpaired) electrons. The van der Waals surface area contributed by atoms with Crippen molar-refractivity contribution in [1.82, 2.24) is 5.32 Å². The molecule has 0 unspecified atom stereocenters. The molecule has 0 saturated heterocycles. The maximum absolute atomic E-state index is 11.8. The smallest absolute Gasteiger partial charge is 0.338 e. The lowest BCUT2D eigenvalue weighted by molar-refractivity contribution is -0.121. The van der Waals surface area contributed by atoms with Crippen molar-refractivity contribution in [2.45, 2.75) is 40.0 Å². The van der Waals surface area contributed by atoms with E-state index in [-0.39, 0.29) is 17.8 Å². The summed E-state index contributed by atoms with van der Waals surface area (Å²) >= 11 is 0. The number of esters is 1. The third-order valence-electron chi connectivity index (χ3n) is 3.49. The summed E-state index contributed by atoms with van der Waals surface area (Å²) in [5.74, 6) is -0.513. The summed E-state index contributed by atoms with van der Waals surface area (Å²) in [5.41, 5.74) is 1.12. The quantitative estimate of drug-likeness (QED) is 0.704. The molecule has 0 atom stereocenters. The minimum atomic E-state index is -0.387. The van der Waals surface area contributed by atoms with Crippen LogP contribution in [0.15, 0.2) is 24.3 Å². The highest BCUT2D eigenvalue weighted by Crippen LogP contribution is 2.16. The van der Waals surface area contributed by atoms with Crippen LogP contribution in [0.1, 0.15) is 50.4 Å². The highest BCUT2D eigenvalue weighted by molar-refractivity contribution is 5.93. The van der Waals surface area contributed by atoms with E-state index in [0.29, 0.717) is 37.4 Å². The Morgan fingerprint density at radius 1 is 1.12 bits per heavy atom. The Bertz CT molecular complexity index is 555. The molecule has 0 bridgehead atoms. The van der Waals surface area contributed by atoms with Crippen molar-refractivity contribution >= 4 is 23.5 Å². The zero-order valence-electron chi connectivity index (χ0n) is 14.6. The molecule has 2 amide bonds. The number of hydrogen-bond donors (Lipinski definition) is 1. The van der Waals surface area contributed by atoms with Gasteiger partial charge in [-0.2, -0.15) is 0 Å². The van der Waals surface area contributed by atoms with Crippen molar-refractivity contribution in [3.05, 3.63) is 29.8 Å². The molecular weight excluding hydrogens is 308 g/mol. The monoisotopic (exact) mass is 334 g/mol. The average molecular weight is 334 g/mol. The van der Waals surface area contributed by atoms with E-state index in [2.05, 4.69) is 5.32 Å². The van der Waals surface area contributed by atoms with Gasteiger partial charge in [0.1, 0.15) is 0 Å². The second kappa shape index (κ2) is 10.4. The molecule has 1 aromatic rings. The average Bonchev–Trinajstić information content (AvgIpc) is 2.57. The van der Waals surface area contributed by atoms with Crippen molar-refractivity contribution in [1.29, 1.82) is 0 Å². The number of nitrogens with zero attached hydrogens (tertiary/aromatic N) is 1. The van der Waals surface area contributed by atoms with E-state index in [9.17, 15) is 14.4 Å². The van der Waals surface area contributed by atoms with Crippen LogP contribution in [0.2, 0.25) is 0 Å². The van der Waals surface area contributed by atoms with Crippen LogP contribution in [0.5, 0.6) is 0 Å². The molecular formula is C18H26N2O4. The van der Waals surface area contributed by atoms with Gasteiger partial charge >= 0.3 is 5.97 Å². The lowest BCUT2D eigenvalue weighted by atomic mass is 10.2. The fraction of sp³-hybridized carbons (Fsp3) is 0.500. The first-order chi connectivity index (χ1) is 11.5. The molecule has 132 valence electrons. The molecule has 0 spiro atoms. The van der Waals surface area contributed by atoms with Gasteiger partial charge in [0.25, 0.3) is 0 Å². The van der Waals surface area contributed by atoms with E-state index in [4.69, 9.17) is 4.74 Å². The summed E-state index contributed by atoms with van der Waals surface area (Å²) in [5, 5.41) is 2.81. The van der Waals surface area contributed by atoms with E-state index in [0.717, 1.165) is 12.8 Å². The van der Waals surface area contributed by atoms with E-state index in [1.807, 2.05) is 6.92 Å². The Morgan fingerprint density at radius 3 is 2.33 bits per heavy atom. The van der Waals surface area contributed by atoms with Crippen LogP contribution in [0.4, 0.5) is 5.69 Å². The first-order valence-electron chi connectivity index (χ1n) is 8.31. The number of rotatable bonds is 9. The van der Waals surface area contributed by atoms with Gasteiger partial charge in [-0.05, 0) is 37.6 Å². The molecule has 0 aliphatic carbocycles. The van der Waals surface area contributed by atoms with Crippen LogP contribution >= 0.6 is 0 Å². The van der Waals surface area contributed by atoms with Gasteiger partial charge in [0, 0.05) is 32.1 Å². The van der Waals surface area contributed by atoms with Gasteiger partial charge in [0.05, 0.1) is 12.2 Å². The topological polar surface area (TPSA) is 75.7 Å². The van der Waals surface area contributed by atoms with Crippen molar-refractivity contribution in [3.63, 3.8) is 0 Å². The van der Waals surface area contributed by atoms with Gasteiger partial charge < -0.3 is 15.0 Å². The molecule has 0 aliphatic heterocycles. The van der Waals surface area contributed by atoms with Crippen LogP contribution in [-0.2, 0) is 14.3 Å². The summed E-state index contributed by atoms with van der Waals surface area (Å²) < 4.78 is 4.93. The number of carbonyl (C=O) groups is 3. The van der Waals surface area contributed by atoms with Crippen LogP contribution in [0.25, 0.3) is 0 Å². The van der Waals surface area contributed by atoms with E-state index >= 15 is 0 Å². The minimum absolute atomic E-state index is 0.00184. The van der Waals surface area contributed by atoms with Crippen molar-refractivity contribution < 1.29 is 19.1 Å². The number of carbonyl (C=O) groups excluding carboxylic acids is 3. The fourth-order valence-corrected chi connectivity index (χ4v) is 2.19. The molecule has 24 heavy (non-hydrogen) atoms. The van der Waals surface area contributed by atoms with Gasteiger partial charge in [-0.3, -0.25) is 9.59 Å². The molecule has 0 saturated carbocycles. The minimum Gasteiger partial charge on any atom is -0.462 e. The summed E-state index contributed by atoms with van der Waals surface area (Å²) in [6.07, 6.45) is 2.34. The maximum atomic E-state index is 11.8. The predicted octanol–water partition coefficient (Wildman–Crippen LogP) is 2.52. The van der Waals surface area contributed by atoms with Gasteiger partial charge in [0.2, 0.25) is 11.8 Å². The van der Waals surface area contributed by atoms with Gasteiger partial charge in [-0.15, -0.1) is 0 Å². The number of amides is 2. The van der Waals surface area contributed by atoms with Crippen LogP contribution in [0.3, 0.4) is 0 Å². The van der Waals surface area contributed by atoms with Crippen LogP contribution in [-0.4, -0.2) is 37.5 Å². The van der Waals surface area contributed by atoms with Crippen molar-refractivity contribution in [3.8, 4) is 0 Å². The Kier molecular flexibility index (Phi) is 8.54. The number of benzene rings is 1. The second-order valence-electron chi connectivity index (χ2n) is 5.39. The first kappa shape index (κ1) is 19.7. The number of ether oxygens (including phenoxy) is 1. The largest absolute Gasteiger partial charge is 0.462 e. The molecule has 0 heterocycles. The summed E-state index contributed by atoms with van der Waals surface area (Å²) in [4.78, 5) is 36.6. The van der Waals surface area contributed by atoms with Crippen LogP contribution < -0.4 is 10.2 Å². The lowest BCUT2D eigenvalue weighted by Gasteiger charge is -2.21. The van der Waals surface area contributed by atoms with E-state index < -0.39 is 0 Å². The highest BCUT2D eigenvalue weighted by Gasteiger charge is 2.13. The van der Waals surface area contributed by atoms with Gasteiger partial charge in [0.15, 0.2) is 0 Å². The first-order valence-corrected chi connectivity index (χ1v) is 8.31.